The van der Waals surface area contributed by atoms with Gasteiger partial charge in [0.1, 0.15) is 7.11 Å². The van der Waals surface area contributed by atoms with Gasteiger partial charge < -0.3 is 9.94 Å². The zero-order valence-corrected chi connectivity index (χ0v) is 8.02. The molecule has 0 saturated carbocycles. The number of rotatable bonds is 3. The monoisotopic (exact) mass is 193 g/mol. The average molecular weight is 193 g/mol. The van der Waals surface area contributed by atoms with Crippen LogP contribution in [0.15, 0.2) is 29.4 Å². The minimum atomic E-state index is -1.10. The molecule has 0 fully saturated rings. The fourth-order valence-corrected chi connectivity index (χ4v) is 1.13. The summed E-state index contributed by atoms with van der Waals surface area (Å²) in [7, 11) is 1.32. The number of nitrogens with zero attached hydrogens (tertiary/aromatic N) is 1. The Labute approximate surface area is 81.8 Å². The maximum Gasteiger partial charge on any atom is 0.358 e. The highest BCUT2D eigenvalue weighted by Gasteiger charge is 2.14. The molecule has 0 saturated heterocycles. The van der Waals surface area contributed by atoms with Crippen LogP contribution in [0.25, 0.3) is 0 Å². The molecule has 1 N–H and O–H groups in total. The van der Waals surface area contributed by atoms with E-state index in [1.54, 1.807) is 12.1 Å². The van der Waals surface area contributed by atoms with Gasteiger partial charge in [0.05, 0.1) is 0 Å². The molecule has 0 amide bonds. The van der Waals surface area contributed by atoms with Gasteiger partial charge >= 0.3 is 5.97 Å². The Bertz CT molecular complexity index is 371. The number of carboxylic acid groups (broad SMARTS) is 1. The van der Waals surface area contributed by atoms with Crippen LogP contribution in [0.3, 0.4) is 0 Å². The lowest BCUT2D eigenvalue weighted by Gasteiger charge is -2.03. The standard InChI is InChI=1S/C10H11NO3/c1-7-5-3-4-6-8(7)9(10(12)13)11-14-2/h3-6H,1-2H3,(H,12,13)/b11-9-. The fourth-order valence-electron chi connectivity index (χ4n) is 1.13. The summed E-state index contributed by atoms with van der Waals surface area (Å²) < 4.78 is 0. The smallest absolute Gasteiger partial charge is 0.358 e. The third-order valence-corrected chi connectivity index (χ3v) is 1.79. The van der Waals surface area contributed by atoms with E-state index in [0.717, 1.165) is 5.56 Å². The van der Waals surface area contributed by atoms with E-state index in [1.165, 1.54) is 7.11 Å². The molecule has 1 aromatic rings. The van der Waals surface area contributed by atoms with Gasteiger partial charge in [0, 0.05) is 5.56 Å². The molecule has 74 valence electrons. The second kappa shape index (κ2) is 4.41. The Morgan fingerprint density at radius 2 is 2.07 bits per heavy atom. The summed E-state index contributed by atoms with van der Waals surface area (Å²) in [5.74, 6) is -1.10. The highest BCUT2D eigenvalue weighted by molar-refractivity contribution is 6.42. The zero-order valence-electron chi connectivity index (χ0n) is 8.02. The van der Waals surface area contributed by atoms with Crippen molar-refractivity contribution in [2.24, 2.45) is 5.16 Å². The van der Waals surface area contributed by atoms with Crippen molar-refractivity contribution in [3.63, 3.8) is 0 Å². The van der Waals surface area contributed by atoms with Crippen LogP contribution in [0.4, 0.5) is 0 Å². The minimum Gasteiger partial charge on any atom is -0.476 e. The average Bonchev–Trinajstić information content (AvgIpc) is 2.15. The van der Waals surface area contributed by atoms with Gasteiger partial charge in [-0.05, 0) is 12.5 Å². The van der Waals surface area contributed by atoms with Crippen LogP contribution in [-0.2, 0) is 9.63 Å². The molecule has 4 nitrogen and oxygen atoms in total. The number of oxime groups is 1. The first kappa shape index (κ1) is 10.2. The van der Waals surface area contributed by atoms with Crippen LogP contribution in [0.5, 0.6) is 0 Å². The van der Waals surface area contributed by atoms with Gasteiger partial charge in [-0.25, -0.2) is 4.79 Å². The van der Waals surface area contributed by atoms with E-state index in [1.807, 2.05) is 19.1 Å². The third-order valence-electron chi connectivity index (χ3n) is 1.79. The molecule has 0 bridgehead atoms. The lowest BCUT2D eigenvalue weighted by molar-refractivity contribution is -0.129. The highest BCUT2D eigenvalue weighted by Crippen LogP contribution is 2.08. The Morgan fingerprint density at radius 3 is 2.57 bits per heavy atom. The number of aliphatic carboxylic acids is 1. The summed E-state index contributed by atoms with van der Waals surface area (Å²) in [5, 5.41) is 12.3. The Hall–Kier alpha value is -1.84. The molecule has 0 aliphatic rings. The van der Waals surface area contributed by atoms with Gasteiger partial charge in [0.2, 0.25) is 0 Å². The van der Waals surface area contributed by atoms with Crippen LogP contribution in [0, 0.1) is 6.92 Å². The van der Waals surface area contributed by atoms with E-state index >= 15 is 0 Å². The minimum absolute atomic E-state index is 0.0781. The Morgan fingerprint density at radius 1 is 1.43 bits per heavy atom. The molecule has 0 aliphatic carbocycles. The topological polar surface area (TPSA) is 58.9 Å². The molecule has 14 heavy (non-hydrogen) atoms. The van der Waals surface area contributed by atoms with Crippen LogP contribution in [-0.4, -0.2) is 23.9 Å². The van der Waals surface area contributed by atoms with Crippen molar-refractivity contribution in [1.82, 2.24) is 0 Å². The zero-order chi connectivity index (χ0) is 10.6. The molecule has 0 heterocycles. The molecule has 1 aromatic carbocycles. The number of carboxylic acids is 1. The van der Waals surface area contributed by atoms with Gasteiger partial charge in [0.15, 0.2) is 5.71 Å². The highest BCUT2D eigenvalue weighted by atomic mass is 16.6. The molecule has 0 radical (unpaired) electrons. The van der Waals surface area contributed by atoms with E-state index in [9.17, 15) is 4.79 Å². The number of aryl methyl sites for hydroxylation is 1. The van der Waals surface area contributed by atoms with Gasteiger partial charge in [-0.2, -0.15) is 0 Å². The van der Waals surface area contributed by atoms with Crippen molar-refractivity contribution >= 4 is 11.7 Å². The van der Waals surface area contributed by atoms with Gasteiger partial charge in [-0.3, -0.25) is 0 Å². The lowest BCUT2D eigenvalue weighted by Crippen LogP contribution is -2.16. The fraction of sp³-hybridized carbons (Fsp3) is 0.200. The number of benzene rings is 1. The molecule has 0 aliphatic heterocycles. The summed E-state index contributed by atoms with van der Waals surface area (Å²) in [5.41, 5.74) is 1.35. The van der Waals surface area contributed by atoms with Crippen molar-refractivity contribution in [2.45, 2.75) is 6.92 Å². The molecular weight excluding hydrogens is 182 g/mol. The van der Waals surface area contributed by atoms with Crippen LogP contribution in [0.1, 0.15) is 11.1 Å². The number of carbonyl (C=O) groups is 1. The van der Waals surface area contributed by atoms with Crippen molar-refractivity contribution in [1.29, 1.82) is 0 Å². The van der Waals surface area contributed by atoms with E-state index < -0.39 is 5.97 Å². The van der Waals surface area contributed by atoms with E-state index in [2.05, 4.69) is 9.99 Å². The first-order valence-electron chi connectivity index (χ1n) is 4.07. The van der Waals surface area contributed by atoms with Crippen molar-refractivity contribution in [2.75, 3.05) is 7.11 Å². The van der Waals surface area contributed by atoms with E-state index in [4.69, 9.17) is 5.11 Å². The molecule has 0 unspecified atom stereocenters. The van der Waals surface area contributed by atoms with Crippen molar-refractivity contribution in [3.8, 4) is 0 Å². The van der Waals surface area contributed by atoms with Crippen molar-refractivity contribution < 1.29 is 14.7 Å². The predicted molar refractivity (Wildman–Crippen MR) is 52.4 cm³/mol. The van der Waals surface area contributed by atoms with Gasteiger partial charge in [-0.1, -0.05) is 29.4 Å². The predicted octanol–water partition coefficient (Wildman–Crippen LogP) is 1.43. The number of hydrogen-bond donors (Lipinski definition) is 1. The summed E-state index contributed by atoms with van der Waals surface area (Å²) >= 11 is 0. The Balaban J connectivity index is 3.19. The molecule has 1 rings (SSSR count). The maximum atomic E-state index is 10.8. The SMILES string of the molecule is CO/N=C(\C(=O)O)c1ccccc1C. The first-order chi connectivity index (χ1) is 6.66. The molecule has 4 heteroatoms. The van der Waals surface area contributed by atoms with E-state index in [-0.39, 0.29) is 5.71 Å². The van der Waals surface area contributed by atoms with Gasteiger partial charge in [0.25, 0.3) is 0 Å². The summed E-state index contributed by atoms with van der Waals surface area (Å²) in [4.78, 5) is 15.3. The summed E-state index contributed by atoms with van der Waals surface area (Å²) in [6.07, 6.45) is 0. The third kappa shape index (κ3) is 2.10. The number of hydrogen-bond acceptors (Lipinski definition) is 3. The largest absolute Gasteiger partial charge is 0.476 e. The lowest BCUT2D eigenvalue weighted by atomic mass is 10.0. The summed E-state index contributed by atoms with van der Waals surface area (Å²) in [6, 6.07) is 7.12. The van der Waals surface area contributed by atoms with Crippen LogP contribution in [0.2, 0.25) is 0 Å². The molecule has 0 spiro atoms. The first-order valence-corrected chi connectivity index (χ1v) is 4.07. The molecular formula is C10H11NO3. The normalized spacial score (nSPS) is 11.1. The maximum absolute atomic E-state index is 10.8. The molecule has 0 atom stereocenters. The van der Waals surface area contributed by atoms with Gasteiger partial charge in [-0.15, -0.1) is 0 Å². The van der Waals surface area contributed by atoms with Crippen LogP contribution >= 0.6 is 0 Å². The summed E-state index contributed by atoms with van der Waals surface area (Å²) in [6.45, 7) is 1.82. The van der Waals surface area contributed by atoms with Crippen LogP contribution < -0.4 is 0 Å². The second-order valence-electron chi connectivity index (χ2n) is 2.74. The Kier molecular flexibility index (Phi) is 3.23. The second-order valence-corrected chi connectivity index (χ2v) is 2.74. The van der Waals surface area contributed by atoms with Crippen molar-refractivity contribution in [3.05, 3.63) is 35.4 Å². The molecule has 0 aromatic heterocycles. The quantitative estimate of drug-likeness (QED) is 0.583. The van der Waals surface area contributed by atoms with E-state index in [0.29, 0.717) is 5.56 Å².